The highest BCUT2D eigenvalue weighted by atomic mass is 32.2. The van der Waals surface area contributed by atoms with E-state index in [-0.39, 0.29) is 17.7 Å². The molecule has 1 aliphatic heterocycles. The Hall–Kier alpha value is -2.46. The normalized spacial score (nSPS) is 17.5. The van der Waals surface area contributed by atoms with E-state index in [0.717, 1.165) is 10.7 Å². The minimum Gasteiger partial charge on any atom is -0.284 e. The second kappa shape index (κ2) is 7.51. The summed E-state index contributed by atoms with van der Waals surface area (Å²) in [6.07, 6.45) is 1.23. The van der Waals surface area contributed by atoms with Gasteiger partial charge in [-0.2, -0.15) is 9.52 Å². The number of sulfonamides is 2. The smallest absolute Gasteiger partial charge is 0.247 e. The van der Waals surface area contributed by atoms with Crippen LogP contribution in [0.25, 0.3) is 0 Å². The van der Waals surface area contributed by atoms with Gasteiger partial charge in [0.2, 0.25) is 20.0 Å². The zero-order chi connectivity index (χ0) is 20.5. The van der Waals surface area contributed by atoms with E-state index in [9.17, 15) is 21.2 Å². The van der Waals surface area contributed by atoms with Crippen LogP contribution in [-0.4, -0.2) is 39.0 Å². The molecule has 0 unspecified atom stereocenters. The molecule has 0 amide bonds. The Morgan fingerprint density at radius 3 is 2.32 bits per heavy atom. The van der Waals surface area contributed by atoms with Crippen LogP contribution in [0.5, 0.6) is 0 Å². The summed E-state index contributed by atoms with van der Waals surface area (Å²) in [5.41, 5.74) is 1.75. The molecule has 0 saturated carbocycles. The quantitative estimate of drug-likeness (QED) is 0.770. The van der Waals surface area contributed by atoms with Gasteiger partial charge in [-0.3, -0.25) is 4.72 Å². The molecule has 2 aromatic rings. The van der Waals surface area contributed by atoms with E-state index in [1.54, 1.807) is 36.4 Å². The molecule has 0 spiro atoms. The van der Waals surface area contributed by atoms with Gasteiger partial charge in [-0.1, -0.05) is 30.3 Å². The standard InChI is InChI=1S/C18H20FN3O4S2/c1-3-28(25,26)21-14-10-8-13(9-11-14)17-12-18(22(20-17)27(2,23)24)15-6-4-5-7-16(15)19/h4-11,18,21H,3,12H2,1-2H3/t18-/m0/s1. The third-order valence-corrected chi connectivity index (χ3v) is 6.67. The van der Waals surface area contributed by atoms with Gasteiger partial charge in [0.1, 0.15) is 5.82 Å². The van der Waals surface area contributed by atoms with Crippen LogP contribution in [0.3, 0.4) is 0 Å². The maximum absolute atomic E-state index is 14.2. The summed E-state index contributed by atoms with van der Waals surface area (Å²) in [6.45, 7) is 1.53. The molecule has 1 heterocycles. The highest BCUT2D eigenvalue weighted by Gasteiger charge is 2.35. The van der Waals surface area contributed by atoms with Crippen molar-refractivity contribution < 1.29 is 21.2 Å². The molecular formula is C18H20FN3O4S2. The zero-order valence-electron chi connectivity index (χ0n) is 15.3. The molecule has 1 atom stereocenters. The largest absolute Gasteiger partial charge is 0.284 e. The number of rotatable bonds is 6. The first-order valence-electron chi connectivity index (χ1n) is 8.53. The van der Waals surface area contributed by atoms with E-state index in [2.05, 4.69) is 9.82 Å². The zero-order valence-corrected chi connectivity index (χ0v) is 17.0. The van der Waals surface area contributed by atoms with Crippen molar-refractivity contribution in [3.05, 3.63) is 65.5 Å². The molecule has 0 saturated heterocycles. The van der Waals surface area contributed by atoms with Gasteiger partial charge in [-0.05, 0) is 30.7 Å². The van der Waals surface area contributed by atoms with E-state index >= 15 is 0 Å². The molecule has 10 heteroatoms. The van der Waals surface area contributed by atoms with Crippen LogP contribution in [0.15, 0.2) is 53.6 Å². The van der Waals surface area contributed by atoms with Crippen molar-refractivity contribution in [1.29, 1.82) is 0 Å². The van der Waals surface area contributed by atoms with Gasteiger partial charge in [0, 0.05) is 17.7 Å². The summed E-state index contributed by atoms with van der Waals surface area (Å²) in [6, 6.07) is 11.7. The van der Waals surface area contributed by atoms with Crippen molar-refractivity contribution in [3.8, 4) is 0 Å². The first kappa shape index (κ1) is 20.3. The summed E-state index contributed by atoms with van der Waals surface area (Å²) in [7, 11) is -7.10. The van der Waals surface area contributed by atoms with Crippen LogP contribution in [0.4, 0.5) is 10.1 Å². The molecule has 0 aromatic heterocycles. The highest BCUT2D eigenvalue weighted by Crippen LogP contribution is 2.35. The van der Waals surface area contributed by atoms with Crippen molar-refractivity contribution in [2.75, 3.05) is 16.7 Å². The Balaban J connectivity index is 1.92. The maximum Gasteiger partial charge on any atom is 0.247 e. The van der Waals surface area contributed by atoms with Gasteiger partial charge in [0.05, 0.1) is 23.8 Å². The van der Waals surface area contributed by atoms with E-state index in [0.29, 0.717) is 17.0 Å². The van der Waals surface area contributed by atoms with Crippen LogP contribution in [0.2, 0.25) is 0 Å². The molecule has 3 rings (SSSR count). The Labute approximate surface area is 164 Å². The molecule has 0 radical (unpaired) electrons. The molecule has 0 bridgehead atoms. The first-order chi connectivity index (χ1) is 13.1. The Morgan fingerprint density at radius 1 is 1.11 bits per heavy atom. The number of hydrogen-bond donors (Lipinski definition) is 1. The van der Waals surface area contributed by atoms with Gasteiger partial charge >= 0.3 is 0 Å². The van der Waals surface area contributed by atoms with Gasteiger partial charge in [-0.15, -0.1) is 0 Å². The van der Waals surface area contributed by atoms with Gasteiger partial charge < -0.3 is 0 Å². The van der Waals surface area contributed by atoms with Crippen LogP contribution >= 0.6 is 0 Å². The lowest BCUT2D eigenvalue weighted by Crippen LogP contribution is -2.26. The molecule has 28 heavy (non-hydrogen) atoms. The summed E-state index contributed by atoms with van der Waals surface area (Å²) >= 11 is 0. The summed E-state index contributed by atoms with van der Waals surface area (Å²) in [5.74, 6) is -0.545. The van der Waals surface area contributed by atoms with Crippen molar-refractivity contribution >= 4 is 31.4 Å². The third-order valence-electron chi connectivity index (χ3n) is 4.35. The van der Waals surface area contributed by atoms with Gasteiger partial charge in [-0.25, -0.2) is 21.2 Å². The topological polar surface area (TPSA) is 95.9 Å². The summed E-state index contributed by atoms with van der Waals surface area (Å²) in [5, 5.41) is 4.21. The summed E-state index contributed by atoms with van der Waals surface area (Å²) in [4.78, 5) is 0. The van der Waals surface area contributed by atoms with Crippen molar-refractivity contribution in [2.45, 2.75) is 19.4 Å². The van der Waals surface area contributed by atoms with Gasteiger partial charge in [0.25, 0.3) is 0 Å². The second-order valence-corrected chi connectivity index (χ2v) is 10.3. The first-order valence-corrected chi connectivity index (χ1v) is 12.0. The predicted molar refractivity (Wildman–Crippen MR) is 107 cm³/mol. The van der Waals surface area contributed by atoms with Gasteiger partial charge in [0.15, 0.2) is 0 Å². The molecule has 0 aliphatic carbocycles. The number of nitrogens with one attached hydrogen (secondary N) is 1. The fourth-order valence-electron chi connectivity index (χ4n) is 2.93. The Kier molecular flexibility index (Phi) is 5.44. The number of halogens is 1. The van der Waals surface area contributed by atoms with Crippen LogP contribution < -0.4 is 4.72 Å². The van der Waals surface area contributed by atoms with Crippen molar-refractivity contribution in [2.24, 2.45) is 5.10 Å². The second-order valence-electron chi connectivity index (χ2n) is 6.41. The third kappa shape index (κ3) is 4.33. The number of hydrogen-bond acceptors (Lipinski definition) is 5. The fourth-order valence-corrected chi connectivity index (χ4v) is 4.47. The summed E-state index contributed by atoms with van der Waals surface area (Å²) < 4.78 is 65.2. The molecule has 1 aliphatic rings. The lowest BCUT2D eigenvalue weighted by molar-refractivity contribution is 0.365. The lowest BCUT2D eigenvalue weighted by Gasteiger charge is -2.21. The van der Waals surface area contributed by atoms with Crippen molar-refractivity contribution in [1.82, 2.24) is 4.41 Å². The Morgan fingerprint density at radius 2 is 1.75 bits per heavy atom. The van der Waals surface area contributed by atoms with E-state index in [1.165, 1.54) is 19.1 Å². The van der Waals surface area contributed by atoms with Crippen LogP contribution in [-0.2, 0) is 20.0 Å². The molecule has 7 nitrogen and oxygen atoms in total. The van der Waals surface area contributed by atoms with E-state index in [4.69, 9.17) is 0 Å². The minimum atomic E-state index is -3.71. The molecule has 1 N–H and O–H groups in total. The SMILES string of the molecule is CCS(=O)(=O)Nc1ccc(C2=NN(S(C)(=O)=O)[C@H](c3ccccc3F)C2)cc1. The number of nitrogens with zero attached hydrogens (tertiary/aromatic N) is 2. The number of benzene rings is 2. The van der Waals surface area contributed by atoms with Crippen molar-refractivity contribution in [3.63, 3.8) is 0 Å². The van der Waals surface area contributed by atoms with E-state index in [1.807, 2.05) is 0 Å². The maximum atomic E-state index is 14.2. The minimum absolute atomic E-state index is 0.0465. The predicted octanol–water partition coefficient (Wildman–Crippen LogP) is 2.70. The Bertz CT molecular complexity index is 1110. The van der Waals surface area contributed by atoms with Crippen LogP contribution in [0.1, 0.15) is 30.5 Å². The van der Waals surface area contributed by atoms with Crippen LogP contribution in [0, 0.1) is 5.82 Å². The molecule has 2 aromatic carbocycles. The monoisotopic (exact) mass is 425 g/mol. The van der Waals surface area contributed by atoms with E-state index < -0.39 is 31.9 Å². The highest BCUT2D eigenvalue weighted by molar-refractivity contribution is 7.92. The average Bonchev–Trinajstić information content (AvgIpc) is 3.08. The molecular weight excluding hydrogens is 405 g/mol. The molecule has 0 fully saturated rings. The molecule has 150 valence electrons. The lowest BCUT2D eigenvalue weighted by atomic mass is 9.99. The fraction of sp³-hybridized carbons (Fsp3) is 0.278. The number of hydrazone groups is 1. The average molecular weight is 426 g/mol. The number of anilines is 1.